The molecule has 0 aliphatic carbocycles. The van der Waals surface area contributed by atoms with Crippen LogP contribution in [0.1, 0.15) is 46.5 Å². The molecule has 10 heteroatoms. The van der Waals surface area contributed by atoms with E-state index in [0.29, 0.717) is 23.9 Å². The largest absolute Gasteiger partial charge is 0.504 e. The predicted octanol–water partition coefficient (Wildman–Crippen LogP) is 2.60. The van der Waals surface area contributed by atoms with E-state index in [2.05, 4.69) is 55.5 Å². The van der Waals surface area contributed by atoms with E-state index in [9.17, 15) is 14.7 Å². The molecular weight excluding hydrogens is 472 g/mol. The number of carboxylic acids is 1. The fraction of sp³-hybridized carbons (Fsp3) is 0.370. The van der Waals surface area contributed by atoms with Gasteiger partial charge in [-0.25, -0.2) is 9.97 Å². The second-order valence-corrected chi connectivity index (χ2v) is 9.58. The highest BCUT2D eigenvalue weighted by Gasteiger charge is 2.26. The van der Waals surface area contributed by atoms with Gasteiger partial charge in [-0.1, -0.05) is 18.2 Å². The maximum atomic E-state index is 12.3. The zero-order chi connectivity index (χ0) is 25.9. The molecular formula is C27H30N6O4. The van der Waals surface area contributed by atoms with E-state index in [1.54, 1.807) is 6.92 Å². The van der Waals surface area contributed by atoms with Gasteiger partial charge in [0, 0.05) is 31.4 Å². The number of hydrogen-bond acceptors (Lipinski definition) is 8. The minimum absolute atomic E-state index is 0.145. The normalized spacial score (nSPS) is 19.1. The van der Waals surface area contributed by atoms with Crippen LogP contribution in [0.25, 0.3) is 0 Å². The molecule has 0 bridgehead atoms. The molecule has 3 aliphatic heterocycles. The van der Waals surface area contributed by atoms with Crippen molar-refractivity contribution in [2.45, 2.75) is 32.2 Å². The van der Waals surface area contributed by atoms with E-state index in [4.69, 9.17) is 10.1 Å². The highest BCUT2D eigenvalue weighted by atomic mass is 16.4. The Labute approximate surface area is 215 Å². The summed E-state index contributed by atoms with van der Waals surface area (Å²) in [5, 5.41) is 21.2. The molecule has 1 amide bonds. The molecule has 2 aromatic rings. The average Bonchev–Trinajstić information content (AvgIpc) is 3.34. The standard InChI is InChI=1S/C27H30N6O4/c1-17-26(36)25(27(37)28-15-24(34)35)31-22(29-17)14-18-9-12-32(13-10-18)20-7-5-19(6-8-20)21-16-33-11-3-2-4-23(33)30-21/h2-8,11,18,21,36H,9-10,12-16H2,1H3,(H,28,37)(H,34,35). The van der Waals surface area contributed by atoms with Crippen LogP contribution in [-0.2, 0) is 11.2 Å². The zero-order valence-electron chi connectivity index (χ0n) is 20.7. The van der Waals surface area contributed by atoms with E-state index in [0.717, 1.165) is 38.3 Å². The topological polar surface area (TPSA) is 131 Å². The number of hydrogen-bond donors (Lipinski definition) is 3. The number of carbonyl (C=O) groups is 2. The molecule has 1 saturated heterocycles. The summed E-state index contributed by atoms with van der Waals surface area (Å²) >= 11 is 0. The van der Waals surface area contributed by atoms with E-state index in [1.807, 2.05) is 18.2 Å². The number of carboxylic acid groups (broad SMARTS) is 1. The van der Waals surface area contributed by atoms with Crippen LogP contribution in [0.4, 0.5) is 5.69 Å². The quantitative estimate of drug-likeness (QED) is 0.527. The molecule has 4 heterocycles. The molecule has 37 heavy (non-hydrogen) atoms. The fourth-order valence-electron chi connectivity index (χ4n) is 4.98. The first-order valence-corrected chi connectivity index (χ1v) is 12.5. The third-order valence-corrected chi connectivity index (χ3v) is 7.02. The molecule has 1 unspecified atom stereocenters. The van der Waals surface area contributed by atoms with Crippen LogP contribution in [0.15, 0.2) is 53.7 Å². The van der Waals surface area contributed by atoms with Crippen molar-refractivity contribution < 1.29 is 19.8 Å². The van der Waals surface area contributed by atoms with Crippen LogP contribution >= 0.6 is 0 Å². The second-order valence-electron chi connectivity index (χ2n) is 9.58. The van der Waals surface area contributed by atoms with Crippen molar-refractivity contribution in [2.75, 3.05) is 31.1 Å². The van der Waals surface area contributed by atoms with Crippen molar-refractivity contribution in [3.05, 3.63) is 71.5 Å². The fourth-order valence-corrected chi connectivity index (χ4v) is 4.98. The van der Waals surface area contributed by atoms with Crippen LogP contribution < -0.4 is 10.2 Å². The zero-order valence-corrected chi connectivity index (χ0v) is 20.7. The number of aromatic nitrogens is 2. The minimum Gasteiger partial charge on any atom is -0.504 e. The molecule has 1 aromatic heterocycles. The number of rotatable bonds is 7. The van der Waals surface area contributed by atoms with Crippen LogP contribution in [0.5, 0.6) is 5.75 Å². The third-order valence-electron chi connectivity index (χ3n) is 7.02. The summed E-state index contributed by atoms with van der Waals surface area (Å²) in [6, 6.07) is 8.84. The molecule has 10 nitrogen and oxygen atoms in total. The molecule has 0 radical (unpaired) electrons. The van der Waals surface area contributed by atoms with Crippen LogP contribution in [-0.4, -0.2) is 69.0 Å². The number of benzene rings is 1. The number of aliphatic carboxylic acids is 1. The molecule has 0 spiro atoms. The number of aliphatic imine (C=N–C) groups is 1. The third kappa shape index (κ3) is 5.47. The first-order valence-electron chi connectivity index (χ1n) is 12.5. The monoisotopic (exact) mass is 502 g/mol. The Morgan fingerprint density at radius 3 is 2.57 bits per heavy atom. The number of anilines is 1. The van der Waals surface area contributed by atoms with Gasteiger partial charge in [-0.05, 0) is 55.5 Å². The average molecular weight is 503 g/mol. The molecule has 5 rings (SSSR count). The minimum atomic E-state index is -1.17. The lowest BCUT2D eigenvalue weighted by Crippen LogP contribution is -2.34. The van der Waals surface area contributed by atoms with Crippen molar-refractivity contribution in [2.24, 2.45) is 10.9 Å². The van der Waals surface area contributed by atoms with Crippen molar-refractivity contribution in [3.8, 4) is 5.75 Å². The SMILES string of the molecule is Cc1nc(CC2CCN(c3ccc(C4CN5C=CC=CC5=N4)cc3)CC2)nc(C(=O)NCC(=O)O)c1O. The first kappa shape index (κ1) is 24.5. The number of nitrogens with one attached hydrogen (secondary N) is 1. The second kappa shape index (κ2) is 10.4. The summed E-state index contributed by atoms with van der Waals surface area (Å²) in [6.07, 6.45) is 10.6. The highest BCUT2D eigenvalue weighted by Crippen LogP contribution is 2.30. The maximum absolute atomic E-state index is 12.3. The summed E-state index contributed by atoms with van der Waals surface area (Å²) in [6.45, 7) is 3.74. The van der Waals surface area contributed by atoms with Gasteiger partial charge in [0.15, 0.2) is 11.4 Å². The molecule has 3 N–H and O–H groups in total. The van der Waals surface area contributed by atoms with Gasteiger partial charge in [-0.15, -0.1) is 0 Å². The van der Waals surface area contributed by atoms with Gasteiger partial charge in [-0.2, -0.15) is 0 Å². The summed E-state index contributed by atoms with van der Waals surface area (Å²) in [7, 11) is 0. The van der Waals surface area contributed by atoms with Crippen molar-refractivity contribution >= 4 is 23.4 Å². The lowest BCUT2D eigenvalue weighted by atomic mass is 9.92. The van der Waals surface area contributed by atoms with E-state index < -0.39 is 18.4 Å². The lowest BCUT2D eigenvalue weighted by Gasteiger charge is -2.33. The molecule has 3 aliphatic rings. The Morgan fingerprint density at radius 1 is 1.11 bits per heavy atom. The van der Waals surface area contributed by atoms with Crippen molar-refractivity contribution in [3.63, 3.8) is 0 Å². The summed E-state index contributed by atoms with van der Waals surface area (Å²) in [5.41, 5.74) is 2.53. The molecule has 192 valence electrons. The predicted molar refractivity (Wildman–Crippen MR) is 139 cm³/mol. The molecule has 1 atom stereocenters. The van der Waals surface area contributed by atoms with Gasteiger partial charge < -0.3 is 25.3 Å². The van der Waals surface area contributed by atoms with Crippen LogP contribution in [0.3, 0.4) is 0 Å². The van der Waals surface area contributed by atoms with Gasteiger partial charge in [-0.3, -0.25) is 14.6 Å². The number of fused-ring (bicyclic) bond motifs is 1. The maximum Gasteiger partial charge on any atom is 0.322 e. The molecule has 1 fully saturated rings. The Balaban J connectivity index is 1.17. The number of nitrogens with zero attached hydrogens (tertiary/aromatic N) is 5. The number of aryl methyl sites for hydroxylation is 1. The van der Waals surface area contributed by atoms with Crippen molar-refractivity contribution in [1.29, 1.82) is 0 Å². The van der Waals surface area contributed by atoms with Gasteiger partial charge in [0.2, 0.25) is 0 Å². The van der Waals surface area contributed by atoms with E-state index in [1.165, 1.54) is 11.3 Å². The molecule has 0 saturated carbocycles. The lowest BCUT2D eigenvalue weighted by molar-refractivity contribution is -0.135. The van der Waals surface area contributed by atoms with E-state index >= 15 is 0 Å². The Hall–Kier alpha value is -4.21. The number of piperidine rings is 1. The van der Waals surface area contributed by atoms with E-state index in [-0.39, 0.29) is 17.5 Å². The first-order chi connectivity index (χ1) is 17.9. The summed E-state index contributed by atoms with van der Waals surface area (Å²) < 4.78 is 0. The van der Waals surface area contributed by atoms with Gasteiger partial charge in [0.05, 0.1) is 18.3 Å². The van der Waals surface area contributed by atoms with Crippen LogP contribution in [0, 0.1) is 12.8 Å². The van der Waals surface area contributed by atoms with Crippen molar-refractivity contribution in [1.82, 2.24) is 20.2 Å². The van der Waals surface area contributed by atoms with Gasteiger partial charge in [0.25, 0.3) is 5.91 Å². The van der Waals surface area contributed by atoms with Gasteiger partial charge >= 0.3 is 5.97 Å². The number of aromatic hydroxyl groups is 1. The smallest absolute Gasteiger partial charge is 0.322 e. The number of amides is 1. The Morgan fingerprint density at radius 2 is 1.86 bits per heavy atom. The van der Waals surface area contributed by atoms with Gasteiger partial charge in [0.1, 0.15) is 18.2 Å². The summed E-state index contributed by atoms with van der Waals surface area (Å²) in [5.74, 6) is -0.367. The summed E-state index contributed by atoms with van der Waals surface area (Å²) in [4.78, 5) is 41.0. The Bertz CT molecular complexity index is 1280. The molecule has 1 aromatic carbocycles. The number of allylic oxidation sites excluding steroid dienone is 2. The highest BCUT2D eigenvalue weighted by molar-refractivity contribution is 5.97. The number of amidine groups is 1. The van der Waals surface area contributed by atoms with Crippen LogP contribution in [0.2, 0.25) is 0 Å². The number of carbonyl (C=O) groups excluding carboxylic acids is 1. The Kier molecular flexibility index (Phi) is 6.89.